The minimum Gasteiger partial charge on any atom is -0.494 e. The highest BCUT2D eigenvalue weighted by atomic mass is 19.1. The van der Waals surface area contributed by atoms with E-state index >= 15 is 0 Å². The molecule has 29 heavy (non-hydrogen) atoms. The van der Waals surface area contributed by atoms with E-state index in [2.05, 4.69) is 17.9 Å². The van der Waals surface area contributed by atoms with Crippen LogP contribution in [0.3, 0.4) is 0 Å². The molecule has 0 aliphatic carbocycles. The molecular formula is C23H23FO5. The van der Waals surface area contributed by atoms with Crippen molar-refractivity contribution in [1.29, 1.82) is 0 Å². The van der Waals surface area contributed by atoms with Gasteiger partial charge in [-0.05, 0) is 42.2 Å². The summed E-state index contributed by atoms with van der Waals surface area (Å²) in [5.74, 6) is 0.0842. The van der Waals surface area contributed by atoms with E-state index in [4.69, 9.17) is 9.47 Å². The van der Waals surface area contributed by atoms with E-state index in [1.54, 1.807) is 25.1 Å². The minimum atomic E-state index is -0.485. The first kappa shape index (κ1) is 21.9. The Kier molecular flexibility index (Phi) is 8.15. The Hall–Kier alpha value is -3.41. The molecule has 0 aromatic heterocycles. The lowest BCUT2D eigenvalue weighted by Crippen LogP contribution is -2.18. The topological polar surface area (TPSA) is 61.8 Å². The lowest BCUT2D eigenvalue weighted by atomic mass is 9.97. The number of allylic oxidation sites excluding steroid dienone is 1. The van der Waals surface area contributed by atoms with Gasteiger partial charge in [-0.1, -0.05) is 37.4 Å². The molecule has 0 aliphatic heterocycles. The third-order valence-corrected chi connectivity index (χ3v) is 4.28. The van der Waals surface area contributed by atoms with Crippen LogP contribution in [0.2, 0.25) is 0 Å². The van der Waals surface area contributed by atoms with Gasteiger partial charge in [0.1, 0.15) is 17.3 Å². The molecule has 0 N–H and O–H groups in total. The molecule has 0 bridgehead atoms. The van der Waals surface area contributed by atoms with Gasteiger partial charge in [-0.2, -0.15) is 0 Å². The lowest BCUT2D eigenvalue weighted by molar-refractivity contribution is -0.130. The maximum absolute atomic E-state index is 14.3. The summed E-state index contributed by atoms with van der Waals surface area (Å²) in [6.45, 7) is 10.6. The van der Waals surface area contributed by atoms with Crippen molar-refractivity contribution >= 4 is 12.9 Å². The number of ether oxygens (including phenoxy) is 3. The molecule has 0 heterocycles. The van der Waals surface area contributed by atoms with Crippen LogP contribution < -0.4 is 4.74 Å². The van der Waals surface area contributed by atoms with Crippen molar-refractivity contribution in [3.8, 4) is 16.9 Å². The third-order valence-electron chi connectivity index (χ3n) is 4.28. The average molecular weight is 398 g/mol. The highest BCUT2D eigenvalue weighted by Gasteiger charge is 2.14. The summed E-state index contributed by atoms with van der Waals surface area (Å²) in [4.78, 5) is 20.9. The number of halogens is 1. The van der Waals surface area contributed by atoms with Crippen LogP contribution in [0, 0.1) is 11.7 Å². The molecule has 0 amide bonds. The Morgan fingerprint density at radius 2 is 1.79 bits per heavy atom. The molecule has 6 heteroatoms. The number of rotatable bonds is 12. The number of carbonyl (C=O) groups is 2. The van der Waals surface area contributed by atoms with Crippen molar-refractivity contribution in [3.05, 3.63) is 78.3 Å². The summed E-state index contributed by atoms with van der Waals surface area (Å²) in [6.07, 6.45) is 0.603. The van der Waals surface area contributed by atoms with Gasteiger partial charge in [-0.3, -0.25) is 9.59 Å². The molecular weight excluding hydrogens is 375 g/mol. The molecule has 1 unspecified atom stereocenters. The van der Waals surface area contributed by atoms with Crippen molar-refractivity contribution in [2.75, 3.05) is 13.2 Å². The molecule has 0 saturated carbocycles. The van der Waals surface area contributed by atoms with Crippen LogP contribution in [0.5, 0.6) is 5.75 Å². The van der Waals surface area contributed by atoms with Gasteiger partial charge in [-0.25, -0.2) is 4.39 Å². The van der Waals surface area contributed by atoms with Crippen LogP contribution in [0.1, 0.15) is 12.5 Å². The van der Waals surface area contributed by atoms with E-state index in [1.165, 1.54) is 6.07 Å². The first-order valence-corrected chi connectivity index (χ1v) is 8.96. The van der Waals surface area contributed by atoms with Crippen LogP contribution in [0.4, 0.5) is 4.39 Å². The molecule has 5 nitrogen and oxygen atoms in total. The van der Waals surface area contributed by atoms with Crippen molar-refractivity contribution in [1.82, 2.24) is 0 Å². The number of hydrogen-bond acceptors (Lipinski definition) is 5. The zero-order valence-electron chi connectivity index (χ0n) is 16.2. The van der Waals surface area contributed by atoms with Crippen molar-refractivity contribution in [2.24, 2.45) is 5.92 Å². The van der Waals surface area contributed by atoms with Gasteiger partial charge in [0.05, 0.1) is 13.2 Å². The standard InChI is InChI=1S/C23H23FO5/c1-16(2)17(3)28-13-19(12-27-14-25)10-18-4-6-20(7-5-18)22-9-8-21(29-15-26)11-23(22)24/h4-9,11,14-15,19H,1,3,10,12-13H2,2H3. The fourth-order valence-electron chi connectivity index (χ4n) is 2.70. The maximum atomic E-state index is 14.3. The first-order valence-electron chi connectivity index (χ1n) is 8.96. The largest absolute Gasteiger partial charge is 0.494 e. The quantitative estimate of drug-likeness (QED) is 0.300. The highest BCUT2D eigenvalue weighted by Crippen LogP contribution is 2.27. The zero-order valence-corrected chi connectivity index (χ0v) is 16.2. The molecule has 0 aliphatic rings. The van der Waals surface area contributed by atoms with Crippen molar-refractivity contribution in [3.63, 3.8) is 0 Å². The van der Waals surface area contributed by atoms with E-state index in [0.29, 0.717) is 36.4 Å². The Labute approximate surface area is 169 Å². The minimum absolute atomic E-state index is 0.0707. The molecule has 1 atom stereocenters. The van der Waals surface area contributed by atoms with E-state index < -0.39 is 5.82 Å². The van der Waals surface area contributed by atoms with Crippen LogP contribution in [-0.2, 0) is 25.5 Å². The Morgan fingerprint density at radius 1 is 1.07 bits per heavy atom. The Morgan fingerprint density at radius 3 is 2.38 bits per heavy atom. The fraction of sp³-hybridized carbons (Fsp3) is 0.217. The number of carbonyl (C=O) groups excluding carboxylic acids is 2. The van der Waals surface area contributed by atoms with Gasteiger partial charge in [0.25, 0.3) is 12.9 Å². The predicted molar refractivity (Wildman–Crippen MR) is 108 cm³/mol. The fourth-order valence-corrected chi connectivity index (χ4v) is 2.70. The maximum Gasteiger partial charge on any atom is 0.298 e. The van der Waals surface area contributed by atoms with Gasteiger partial charge in [0.15, 0.2) is 0 Å². The molecule has 2 aromatic carbocycles. The summed E-state index contributed by atoms with van der Waals surface area (Å²) >= 11 is 0. The number of hydrogen-bond donors (Lipinski definition) is 0. The summed E-state index contributed by atoms with van der Waals surface area (Å²) in [7, 11) is 0. The second kappa shape index (κ2) is 10.8. The summed E-state index contributed by atoms with van der Waals surface area (Å²) < 4.78 is 29.4. The Bertz CT molecular complexity index is 873. The number of benzene rings is 2. The average Bonchev–Trinajstić information content (AvgIpc) is 2.70. The molecule has 2 aromatic rings. The normalized spacial score (nSPS) is 11.2. The second-order valence-corrected chi connectivity index (χ2v) is 6.57. The SMILES string of the molecule is C=C(C)C(=C)OCC(COC=O)Cc1ccc(-c2ccc(OC=O)cc2F)cc1. The third kappa shape index (κ3) is 6.60. The summed E-state index contributed by atoms with van der Waals surface area (Å²) in [6, 6.07) is 11.6. The molecule has 0 radical (unpaired) electrons. The molecule has 0 fully saturated rings. The second-order valence-electron chi connectivity index (χ2n) is 6.57. The first-order chi connectivity index (χ1) is 13.9. The van der Waals surface area contributed by atoms with Crippen molar-refractivity contribution in [2.45, 2.75) is 13.3 Å². The van der Waals surface area contributed by atoms with Crippen LogP contribution >= 0.6 is 0 Å². The van der Waals surface area contributed by atoms with Crippen LogP contribution in [-0.4, -0.2) is 26.2 Å². The molecule has 152 valence electrons. The summed E-state index contributed by atoms with van der Waals surface area (Å²) in [5, 5.41) is 0. The summed E-state index contributed by atoms with van der Waals surface area (Å²) in [5.41, 5.74) is 2.81. The van der Waals surface area contributed by atoms with Crippen LogP contribution in [0.25, 0.3) is 11.1 Å². The molecule has 0 spiro atoms. The van der Waals surface area contributed by atoms with E-state index in [0.717, 1.165) is 17.2 Å². The van der Waals surface area contributed by atoms with Gasteiger partial charge in [-0.15, -0.1) is 0 Å². The van der Waals surface area contributed by atoms with E-state index in [9.17, 15) is 14.0 Å². The lowest BCUT2D eigenvalue weighted by Gasteiger charge is -2.18. The smallest absolute Gasteiger partial charge is 0.298 e. The van der Waals surface area contributed by atoms with Gasteiger partial charge >= 0.3 is 0 Å². The monoisotopic (exact) mass is 398 g/mol. The van der Waals surface area contributed by atoms with Gasteiger partial charge < -0.3 is 14.2 Å². The van der Waals surface area contributed by atoms with Crippen molar-refractivity contribution < 1.29 is 28.2 Å². The van der Waals surface area contributed by atoms with Gasteiger partial charge in [0.2, 0.25) is 0 Å². The van der Waals surface area contributed by atoms with Gasteiger partial charge in [0, 0.05) is 17.5 Å². The zero-order chi connectivity index (χ0) is 21.2. The molecule has 2 rings (SSSR count). The van der Waals surface area contributed by atoms with Crippen LogP contribution in [0.15, 0.2) is 67.0 Å². The van der Waals surface area contributed by atoms with E-state index in [1.807, 2.05) is 12.1 Å². The Balaban J connectivity index is 2.08. The predicted octanol–water partition coefficient (Wildman–Crippen LogP) is 4.47. The van der Waals surface area contributed by atoms with E-state index in [-0.39, 0.29) is 24.7 Å². The highest BCUT2D eigenvalue weighted by molar-refractivity contribution is 5.65. The molecule has 0 saturated heterocycles.